The molecule has 0 amide bonds. The van der Waals surface area contributed by atoms with Crippen LogP contribution < -0.4 is 0 Å². The van der Waals surface area contributed by atoms with Gasteiger partial charge in [0.1, 0.15) is 0 Å². The second-order valence-corrected chi connectivity index (χ2v) is 11.5. The number of rotatable bonds is 1. The van der Waals surface area contributed by atoms with Crippen LogP contribution in [-0.2, 0) is 5.41 Å². The summed E-state index contributed by atoms with van der Waals surface area (Å²) >= 11 is -0.375. The Morgan fingerprint density at radius 3 is 1.36 bits per heavy atom. The molecule has 0 atom stereocenters. The third kappa shape index (κ3) is 3.97. The van der Waals surface area contributed by atoms with Crippen LogP contribution in [0.15, 0.2) is 87.2 Å². The quantitative estimate of drug-likeness (QED) is 0.250. The van der Waals surface area contributed by atoms with Gasteiger partial charge in [0, 0.05) is 0 Å². The summed E-state index contributed by atoms with van der Waals surface area (Å²) in [7, 11) is 0. The molecule has 2 aliphatic carbocycles. The maximum atomic E-state index is 2.43. The molecule has 3 aromatic rings. The Morgan fingerprint density at radius 2 is 0.970 bits per heavy atom. The van der Waals surface area contributed by atoms with Crippen molar-refractivity contribution < 1.29 is 23.2 Å². The van der Waals surface area contributed by atoms with E-state index in [2.05, 4.69) is 98.2 Å². The van der Waals surface area contributed by atoms with Gasteiger partial charge < -0.3 is 0 Å². The average molecular weight is 635 g/mol. The van der Waals surface area contributed by atoms with Crippen LogP contribution in [0.2, 0.25) is 4.63 Å². The second-order valence-electron chi connectivity index (χ2n) is 7.86. The number of hydrogen-bond acceptors (Lipinski definition) is 0. The van der Waals surface area contributed by atoms with Crippen LogP contribution in [-0.4, -0.2) is 0 Å². The Bertz CT molecular complexity index is 1130. The SMILES string of the molecule is C.CC.CC.C[At]/C(C)=C1/C(=C(C)C)C2(c3ccccc31)c1ccccc1-c1ccccc12. The molecule has 175 valence electrons. The molecule has 0 N–H and O–H groups in total. The molecule has 33 heavy (non-hydrogen) atoms. The van der Waals surface area contributed by atoms with Crippen molar-refractivity contribution in [3.8, 4) is 11.1 Å². The number of allylic oxidation sites excluding steroid dienone is 4. The minimum absolute atomic E-state index is 0. The molecule has 0 aromatic heterocycles. The Morgan fingerprint density at radius 1 is 0.606 bits per heavy atom. The van der Waals surface area contributed by atoms with Crippen LogP contribution in [0.5, 0.6) is 0 Å². The third-order valence-corrected chi connectivity index (χ3v) is 9.24. The maximum absolute atomic E-state index is 2.43. The first-order valence-corrected chi connectivity index (χ1v) is 16.2. The second kappa shape index (κ2) is 11.4. The molecule has 0 nitrogen and oxygen atoms in total. The molecule has 1 spiro atoms. The van der Waals surface area contributed by atoms with Crippen molar-refractivity contribution in [1.82, 2.24) is 0 Å². The van der Waals surface area contributed by atoms with E-state index in [0.29, 0.717) is 0 Å². The minimum atomic E-state index is -0.375. The molecular formula is C32H40At. The first-order chi connectivity index (χ1) is 15.6. The van der Waals surface area contributed by atoms with Crippen molar-refractivity contribution in [2.75, 3.05) is 0 Å². The zero-order chi connectivity index (χ0) is 23.5. The van der Waals surface area contributed by atoms with Crippen LogP contribution in [0, 0.1) is 23.2 Å². The molecule has 0 heterocycles. The Labute approximate surface area is 214 Å². The van der Waals surface area contributed by atoms with Crippen molar-refractivity contribution in [3.63, 3.8) is 0 Å². The van der Waals surface area contributed by atoms with Crippen LogP contribution in [0.25, 0.3) is 16.7 Å². The van der Waals surface area contributed by atoms with Gasteiger partial charge in [0.2, 0.25) is 0 Å². The van der Waals surface area contributed by atoms with Gasteiger partial charge in [0.05, 0.1) is 0 Å². The molecule has 1 heteroatoms. The molecule has 0 saturated carbocycles. The van der Waals surface area contributed by atoms with Crippen LogP contribution in [0.1, 0.15) is 78.1 Å². The fourth-order valence-corrected chi connectivity index (χ4v) is 6.85. The zero-order valence-electron chi connectivity index (χ0n) is 20.8. The monoisotopic (exact) mass is 634 g/mol. The van der Waals surface area contributed by atoms with Gasteiger partial charge >= 0.3 is 180 Å². The van der Waals surface area contributed by atoms with Crippen molar-refractivity contribution >= 4 is 5.57 Å². The van der Waals surface area contributed by atoms with Gasteiger partial charge in [-0.05, 0) is 0 Å². The molecule has 2 aliphatic rings. The van der Waals surface area contributed by atoms with Gasteiger partial charge in [-0.2, -0.15) is 0 Å². The zero-order valence-corrected chi connectivity index (χ0v) is 23.7. The number of hydrogen-bond donors (Lipinski definition) is 0. The summed E-state index contributed by atoms with van der Waals surface area (Å²) in [5, 5.41) is 0. The van der Waals surface area contributed by atoms with E-state index in [1.165, 1.54) is 50.1 Å². The van der Waals surface area contributed by atoms with Gasteiger partial charge in [-0.25, -0.2) is 0 Å². The van der Waals surface area contributed by atoms with E-state index in [4.69, 9.17) is 0 Å². The van der Waals surface area contributed by atoms with E-state index in [1.54, 1.807) is 3.28 Å². The molecule has 1 radical (unpaired) electrons. The van der Waals surface area contributed by atoms with Gasteiger partial charge in [0.25, 0.3) is 0 Å². The molecule has 0 bridgehead atoms. The fourth-order valence-electron chi connectivity index (χ4n) is 5.36. The average Bonchev–Trinajstić information content (AvgIpc) is 3.33. The Balaban J connectivity index is 0.000000733. The summed E-state index contributed by atoms with van der Waals surface area (Å²) in [5.74, 6) is 0. The van der Waals surface area contributed by atoms with Crippen molar-refractivity contribution in [2.45, 2.75) is 65.9 Å². The first-order valence-electron chi connectivity index (χ1n) is 11.8. The van der Waals surface area contributed by atoms with E-state index < -0.39 is 0 Å². The fraction of sp³-hybridized carbons (Fsp3) is 0.312. The summed E-state index contributed by atoms with van der Waals surface area (Å²) in [4.78, 5) is 0. The van der Waals surface area contributed by atoms with Gasteiger partial charge in [-0.3, -0.25) is 0 Å². The number of benzene rings is 3. The third-order valence-electron chi connectivity index (χ3n) is 6.31. The van der Waals surface area contributed by atoms with Crippen LogP contribution in [0.3, 0.4) is 0 Å². The summed E-state index contributed by atoms with van der Waals surface area (Å²) in [6.45, 7) is 15.0. The topological polar surface area (TPSA) is 0 Å². The molecule has 0 saturated heterocycles. The van der Waals surface area contributed by atoms with E-state index in [9.17, 15) is 0 Å². The predicted molar refractivity (Wildman–Crippen MR) is 144 cm³/mol. The molecule has 0 fully saturated rings. The Hall–Kier alpha value is -1.98. The van der Waals surface area contributed by atoms with E-state index in [0.717, 1.165) is 0 Å². The summed E-state index contributed by atoms with van der Waals surface area (Å²) in [6, 6.07) is 27.3. The summed E-state index contributed by atoms with van der Waals surface area (Å²) in [5.41, 5.74) is 12.9. The molecule has 5 rings (SSSR count). The van der Waals surface area contributed by atoms with Crippen molar-refractivity contribution in [3.05, 3.63) is 109 Å². The Kier molecular flexibility index (Phi) is 9.45. The predicted octanol–water partition coefficient (Wildman–Crippen LogP) is 9.90. The van der Waals surface area contributed by atoms with E-state index in [1.807, 2.05) is 27.7 Å². The van der Waals surface area contributed by atoms with E-state index >= 15 is 0 Å². The van der Waals surface area contributed by atoms with Crippen LogP contribution in [0.4, 0.5) is 0 Å². The molecule has 3 aromatic carbocycles. The molecule has 0 aliphatic heterocycles. The van der Waals surface area contributed by atoms with Gasteiger partial charge in [-0.1, -0.05) is 35.1 Å². The normalized spacial score (nSPS) is 15.1. The van der Waals surface area contributed by atoms with Crippen molar-refractivity contribution in [1.29, 1.82) is 0 Å². The molecular weight excluding hydrogens is 594 g/mol. The summed E-state index contributed by atoms with van der Waals surface area (Å²) in [6.07, 6.45) is 0. The van der Waals surface area contributed by atoms with Gasteiger partial charge in [0.15, 0.2) is 0 Å². The van der Waals surface area contributed by atoms with Gasteiger partial charge in [-0.15, -0.1) is 0 Å². The van der Waals surface area contributed by atoms with Crippen LogP contribution >= 0.6 is 0 Å². The molecule has 0 unspecified atom stereocenters. The van der Waals surface area contributed by atoms with Crippen molar-refractivity contribution in [2.24, 2.45) is 0 Å². The first kappa shape index (κ1) is 27.3. The summed E-state index contributed by atoms with van der Waals surface area (Å²) < 4.78 is 4.05. The van der Waals surface area contributed by atoms with E-state index in [-0.39, 0.29) is 36.1 Å². The standard InChI is InChI=1S/C27H24At.2C2H6.CH4/c1-17(2)26-25(18(3)28-4)21-13-7-10-16-24(21)27(26)22-14-8-5-11-19(22)20-12-6-9-15-23(20)27;2*1-2;/h5-16H,1-4H3;2*1-2H3;1H4/b25-18+;;;. The number of fused-ring (bicyclic) bond motifs is 7.